The number of imidazole rings is 1. The number of phenols is 1. The van der Waals surface area contributed by atoms with Gasteiger partial charge in [0.15, 0.2) is 5.78 Å². The van der Waals surface area contributed by atoms with E-state index in [1.807, 2.05) is 13.8 Å². The quantitative estimate of drug-likeness (QED) is 0.0369. The number of para-hydroxylation sites is 2. The predicted molar refractivity (Wildman–Crippen MR) is 473 cm³/mol. The van der Waals surface area contributed by atoms with E-state index < -0.39 is 235 Å². The van der Waals surface area contributed by atoms with Gasteiger partial charge in [0.05, 0.1) is 56.0 Å². The molecular formula is C88H120N20O20S. The zero-order valence-corrected chi connectivity index (χ0v) is 74.5. The molecule has 0 spiro atoms. The number of nitrogens with one attached hydrogen (secondary N) is 12. The van der Waals surface area contributed by atoms with Crippen molar-refractivity contribution in [1.29, 1.82) is 0 Å². The Labute approximate surface area is 749 Å². The molecule has 41 heteroatoms. The number of fused-ring (bicyclic) bond motifs is 4. The van der Waals surface area contributed by atoms with Gasteiger partial charge in [-0.2, -0.15) is 0 Å². The molecule has 0 saturated carbocycles. The smallest absolute Gasteiger partial charge is 0.246 e. The minimum Gasteiger partial charge on any atom is -0.508 e. The lowest BCUT2D eigenvalue weighted by Gasteiger charge is -2.36. The number of rotatable bonds is 22. The number of H-pyrrole nitrogens is 3. The van der Waals surface area contributed by atoms with Gasteiger partial charge in [-0.25, -0.2) is 4.98 Å². The number of Topliss-reactive ketones (excluding diaryl/α,β-unsaturated/α-hetero) is 1. The lowest BCUT2D eigenvalue weighted by atomic mass is 9.90. The second-order valence-corrected chi connectivity index (χ2v) is 34.5. The molecule has 0 radical (unpaired) electrons. The molecule has 3 aromatic heterocycles. The standard InChI is InChI=1S/C88H120N20O20S/c1-9-11-22-68-83(123)98-61(30-48(3)4)81(121)103-67(80(120)94-41-74(90)114)45-129-46-75(115)97-63(31-50-25-27-55(110)28-26-50)85(125)104(6)49(5)77(117)100-65(37-73(89)113)87(127)107-29-17-24-69(107)84(124)99-62(35-54-40-91-47-96-54)79(119)95-42-76(116)108-43-56(111)36-71(108)72(112)34-51(32-52-38-92-59-20-15-13-18-57(52)59)78(118)102-66(44-109)82(122)101-64(33-53-39-93-60-21-16-14-19-58(53)60)86(126)106(8)70(23-12-10-2)88(128)105(68)7/h13-16,18-21,25-28,38-40,47-49,51,56,61-71,92-93,109-111H,9-12,17,22-24,29-37,41-46H2,1-8H3,(H2,89,113)(H2,90,114)(H,91,96)(H,94,120)(H,95,119)(H,97,115)(H,98,123)(H,99,124)(H,100,117)(H,101,122)(H,102,118)(H,103,121)/t49-,51+,56+,61-,62-,63-,64-,65-,66-,67-,68-,69-,70-,71-/m0/s1. The summed E-state index contributed by atoms with van der Waals surface area (Å²) < 4.78 is 0. The maximum atomic E-state index is 15.7. The molecule has 129 heavy (non-hydrogen) atoms. The third kappa shape index (κ3) is 27.4. The number of aromatic nitrogens is 4. The predicted octanol–water partition coefficient (Wildman–Crippen LogP) is -1.47. The van der Waals surface area contributed by atoms with Crippen LogP contribution < -0.4 is 59.3 Å². The van der Waals surface area contributed by atoms with Crippen molar-refractivity contribution in [1.82, 2.24) is 92.3 Å². The highest BCUT2D eigenvalue weighted by atomic mass is 32.2. The molecule has 3 aromatic carbocycles. The number of phenolic OH excluding ortho intramolecular Hbond substituents is 1. The molecule has 6 aromatic rings. The van der Waals surface area contributed by atoms with Crippen LogP contribution in [0.2, 0.25) is 0 Å². The van der Waals surface area contributed by atoms with Gasteiger partial charge in [-0.05, 0) is 92.3 Å². The van der Waals surface area contributed by atoms with Crippen molar-refractivity contribution in [2.45, 2.75) is 216 Å². The van der Waals surface area contributed by atoms with Gasteiger partial charge in [-0.1, -0.05) is 102 Å². The monoisotopic (exact) mass is 1810 g/mol. The van der Waals surface area contributed by atoms with E-state index in [0.29, 0.717) is 64.2 Å². The van der Waals surface area contributed by atoms with Gasteiger partial charge in [0.2, 0.25) is 94.5 Å². The van der Waals surface area contributed by atoms with Crippen molar-refractivity contribution in [2.24, 2.45) is 23.3 Å². The maximum absolute atomic E-state index is 15.7. The van der Waals surface area contributed by atoms with Gasteiger partial charge in [-0.3, -0.25) is 81.5 Å². The number of carbonyl (C=O) groups excluding carboxylic acids is 17. The zero-order valence-electron chi connectivity index (χ0n) is 73.7. The van der Waals surface area contributed by atoms with E-state index in [0.717, 1.165) is 26.5 Å². The highest BCUT2D eigenvalue weighted by Gasteiger charge is 2.45. The van der Waals surface area contributed by atoms with E-state index in [-0.39, 0.29) is 88.1 Å². The van der Waals surface area contributed by atoms with E-state index in [1.165, 1.54) is 74.7 Å². The van der Waals surface area contributed by atoms with E-state index in [2.05, 4.69) is 67.8 Å². The van der Waals surface area contributed by atoms with Crippen LogP contribution in [0.1, 0.15) is 134 Å². The second-order valence-electron chi connectivity index (χ2n) is 33.5. The highest BCUT2D eigenvalue weighted by molar-refractivity contribution is 8.00. The Hall–Kier alpha value is -12.8. The fourth-order valence-electron chi connectivity index (χ4n) is 16.2. The van der Waals surface area contributed by atoms with Crippen molar-refractivity contribution in [3.05, 3.63) is 120 Å². The third-order valence-corrected chi connectivity index (χ3v) is 24.5. The lowest BCUT2D eigenvalue weighted by molar-refractivity contribution is -0.149. The van der Waals surface area contributed by atoms with Crippen molar-refractivity contribution in [3.8, 4) is 5.75 Å². The Morgan fingerprint density at radius 3 is 1.81 bits per heavy atom. The number of ketones is 1. The summed E-state index contributed by atoms with van der Waals surface area (Å²) in [5.74, 6) is -18.0. The van der Waals surface area contributed by atoms with E-state index in [9.17, 15) is 68.1 Å². The number of nitrogens with two attached hydrogens (primary N) is 2. The van der Waals surface area contributed by atoms with Crippen LogP contribution in [0.15, 0.2) is 97.7 Å². The first-order chi connectivity index (χ1) is 61.5. The fourth-order valence-corrected chi connectivity index (χ4v) is 17.1. The molecule has 40 nitrogen and oxygen atoms in total. The van der Waals surface area contributed by atoms with E-state index in [4.69, 9.17) is 11.5 Å². The number of primary amides is 2. The Bertz CT molecular complexity index is 5000. The van der Waals surface area contributed by atoms with Gasteiger partial charge in [0.25, 0.3) is 0 Å². The maximum Gasteiger partial charge on any atom is 0.246 e. The van der Waals surface area contributed by atoms with Crippen LogP contribution in [0.25, 0.3) is 21.8 Å². The molecule has 3 aliphatic rings. The fraction of sp³-hybridized carbons (Fsp3) is 0.523. The second kappa shape index (κ2) is 47.3. The summed E-state index contributed by atoms with van der Waals surface area (Å²) in [6, 6.07) is 1.77. The Morgan fingerprint density at radius 2 is 1.19 bits per heavy atom. The highest BCUT2D eigenvalue weighted by Crippen LogP contribution is 2.29. The Kier molecular flexibility index (Phi) is 36.7. The summed E-state index contributed by atoms with van der Waals surface area (Å²) in [7, 11) is 3.97. The average molecular weight is 1810 g/mol. The number of aliphatic hydroxyl groups is 2. The summed E-state index contributed by atoms with van der Waals surface area (Å²) in [5, 5.41) is 57.5. The van der Waals surface area contributed by atoms with Crippen LogP contribution in [0.5, 0.6) is 5.75 Å². The summed E-state index contributed by atoms with van der Waals surface area (Å²) in [6.45, 7) is 5.44. The number of nitrogens with zero attached hydrogens (tertiary/aromatic N) is 6. The molecule has 0 bridgehead atoms. The first kappa shape index (κ1) is 100.0. The van der Waals surface area contributed by atoms with Crippen molar-refractivity contribution >= 4 is 134 Å². The number of aromatic hydroxyl groups is 1. The summed E-state index contributed by atoms with van der Waals surface area (Å²) in [5.41, 5.74) is 14.2. The molecule has 6 heterocycles. The number of unbranched alkanes of at least 4 members (excludes halogenated alkanes) is 2. The Balaban J connectivity index is 1.07. The molecule has 0 unspecified atom stereocenters. The molecule has 698 valence electrons. The first-order valence-electron chi connectivity index (χ1n) is 43.4. The van der Waals surface area contributed by atoms with Crippen LogP contribution in [0.4, 0.5) is 0 Å². The number of carbonyl (C=O) groups is 17. The summed E-state index contributed by atoms with van der Waals surface area (Å²) in [4.78, 5) is 266. The van der Waals surface area contributed by atoms with Crippen molar-refractivity contribution in [3.63, 3.8) is 0 Å². The van der Waals surface area contributed by atoms with E-state index >= 15 is 28.8 Å². The van der Waals surface area contributed by atoms with E-state index in [1.54, 1.807) is 74.8 Å². The normalized spacial score (nSPS) is 24.9. The van der Waals surface area contributed by atoms with Gasteiger partial charge < -0.3 is 114 Å². The number of aliphatic hydroxyl groups excluding tert-OH is 2. The molecule has 14 atom stereocenters. The molecular weight excluding hydrogens is 1690 g/mol. The van der Waals surface area contributed by atoms with Crippen LogP contribution in [0, 0.1) is 11.8 Å². The average Bonchev–Trinajstić information content (AvgIpc) is 1.80. The van der Waals surface area contributed by atoms with Crippen LogP contribution in [0.3, 0.4) is 0 Å². The molecule has 19 N–H and O–H groups in total. The first-order valence-corrected chi connectivity index (χ1v) is 44.5. The van der Waals surface area contributed by atoms with Crippen molar-refractivity contribution in [2.75, 3.05) is 65.4 Å². The summed E-state index contributed by atoms with van der Waals surface area (Å²) >= 11 is 0.797. The largest absolute Gasteiger partial charge is 0.508 e. The van der Waals surface area contributed by atoms with Crippen LogP contribution in [-0.4, -0.2) is 304 Å². The minimum absolute atomic E-state index is 0.00201. The van der Waals surface area contributed by atoms with Gasteiger partial charge in [0, 0.05) is 118 Å². The lowest BCUT2D eigenvalue weighted by Crippen LogP contribution is -2.61. The number of amides is 16. The van der Waals surface area contributed by atoms with Crippen molar-refractivity contribution < 1.29 is 96.8 Å². The molecule has 3 fully saturated rings. The number of hydrogen-bond acceptors (Lipinski definition) is 22. The number of hydrogen-bond donors (Lipinski definition) is 17. The third-order valence-electron chi connectivity index (χ3n) is 23.5. The van der Waals surface area contributed by atoms with Gasteiger partial charge in [0.1, 0.15) is 72.2 Å². The van der Waals surface area contributed by atoms with Crippen LogP contribution in [-0.2, 0) is 107 Å². The molecule has 0 aliphatic carbocycles. The zero-order chi connectivity index (χ0) is 94.0. The number of likely N-dealkylation sites (N-methyl/N-ethyl adjacent to an activating group) is 3. The van der Waals surface area contributed by atoms with Gasteiger partial charge >= 0.3 is 0 Å². The SMILES string of the molecule is CCCC[C@H]1C(=O)N(C)[C@@H](CCCC)C(=O)N[C@@H](CC(C)C)C(=O)N[C@H](C(=O)NCC(N)=O)CSCC(=O)N[C@@H](Cc2ccc(O)cc2)C(=O)N(C)[C@@H](C)C(=O)N[C@@H](CC(N)=O)C(=O)N2CCC[C@H]2C(=O)N[C@@H](Cc2c[nH]cn2)C(=O)NCC(=O)N2C[C@H](O)C[C@H]2C(=O)C[C@@H](Cc2c[nH]c3ccccc23)C(=O)N[C@@H](CO)C(=O)N[C@@H](Cc2c[nH]c3ccccc23)C(=O)N1C. The number of thioether (sulfide) groups is 1. The van der Waals surface area contributed by atoms with Crippen LogP contribution >= 0.6 is 11.8 Å². The number of benzene rings is 3. The molecule has 3 saturated heterocycles. The van der Waals surface area contributed by atoms with Gasteiger partial charge in [-0.15, -0.1) is 11.8 Å². The number of aromatic amines is 3. The molecule has 9 rings (SSSR count). The molecule has 16 amide bonds. The molecule has 3 aliphatic heterocycles. The minimum atomic E-state index is -1.83. The summed E-state index contributed by atoms with van der Waals surface area (Å²) in [6.07, 6.45) is 3.97. The topological polar surface area (TPSA) is 588 Å². The Morgan fingerprint density at radius 1 is 0.597 bits per heavy atom.